The van der Waals surface area contributed by atoms with E-state index in [-0.39, 0.29) is 18.3 Å². The number of carbonyl (C=O) groups is 1. The molecule has 1 aliphatic rings. The fourth-order valence-electron chi connectivity index (χ4n) is 2.69. The second kappa shape index (κ2) is 9.70. The van der Waals surface area contributed by atoms with Gasteiger partial charge in [0, 0.05) is 18.5 Å². The summed E-state index contributed by atoms with van der Waals surface area (Å²) < 4.78 is 5.64. The van der Waals surface area contributed by atoms with Gasteiger partial charge in [0.1, 0.15) is 5.75 Å². The van der Waals surface area contributed by atoms with Crippen LogP contribution in [0.15, 0.2) is 24.3 Å². The number of amides is 1. The Bertz CT molecular complexity index is 460. The van der Waals surface area contributed by atoms with Gasteiger partial charge >= 0.3 is 0 Å². The fourth-order valence-corrected chi connectivity index (χ4v) is 2.69. The minimum absolute atomic E-state index is 0. The van der Waals surface area contributed by atoms with E-state index in [1.807, 2.05) is 31.2 Å². The van der Waals surface area contributed by atoms with Crippen LogP contribution >= 0.6 is 12.4 Å². The average Bonchev–Trinajstić information content (AvgIpc) is 2.46. The molecule has 1 fully saturated rings. The number of carbonyl (C=O) groups excluding carboxylic acids is 1. The molecule has 0 heterocycles. The number of aryl methyl sites for hydroxylation is 1. The lowest BCUT2D eigenvalue weighted by Crippen LogP contribution is -2.40. The summed E-state index contributed by atoms with van der Waals surface area (Å²) in [6.07, 6.45) is 5.31. The summed E-state index contributed by atoms with van der Waals surface area (Å²) >= 11 is 0. The van der Waals surface area contributed by atoms with Crippen molar-refractivity contribution in [1.29, 1.82) is 0 Å². The molecule has 1 aliphatic carbocycles. The molecule has 0 saturated heterocycles. The average molecular weight is 327 g/mol. The van der Waals surface area contributed by atoms with E-state index in [1.54, 1.807) is 0 Å². The van der Waals surface area contributed by atoms with Gasteiger partial charge in [-0.15, -0.1) is 12.4 Å². The number of benzene rings is 1. The highest BCUT2D eigenvalue weighted by Gasteiger charge is 2.19. The van der Waals surface area contributed by atoms with Gasteiger partial charge < -0.3 is 15.8 Å². The number of nitrogens with two attached hydrogens (primary N) is 1. The summed E-state index contributed by atoms with van der Waals surface area (Å²) in [6.45, 7) is 2.61. The van der Waals surface area contributed by atoms with Crippen molar-refractivity contribution in [3.63, 3.8) is 0 Å². The molecule has 2 rings (SSSR count). The van der Waals surface area contributed by atoms with Crippen molar-refractivity contribution in [3.05, 3.63) is 29.8 Å². The Morgan fingerprint density at radius 2 is 2.05 bits per heavy atom. The lowest BCUT2D eigenvalue weighted by atomic mass is 9.92. The SMILES string of the molecule is Cc1cccc(OCCCC(=O)NC2CCC(N)CC2)c1.Cl. The van der Waals surface area contributed by atoms with Crippen LogP contribution in [0.1, 0.15) is 44.1 Å². The molecule has 5 heteroatoms. The first-order valence-electron chi connectivity index (χ1n) is 7.88. The molecule has 3 N–H and O–H groups in total. The Morgan fingerprint density at radius 3 is 2.73 bits per heavy atom. The molecule has 1 saturated carbocycles. The van der Waals surface area contributed by atoms with Gasteiger partial charge in [-0.25, -0.2) is 0 Å². The van der Waals surface area contributed by atoms with Gasteiger partial charge in [0.25, 0.3) is 0 Å². The Morgan fingerprint density at radius 1 is 1.32 bits per heavy atom. The third kappa shape index (κ3) is 6.67. The maximum absolute atomic E-state index is 11.9. The van der Waals surface area contributed by atoms with Crippen molar-refractivity contribution in [2.24, 2.45) is 5.73 Å². The van der Waals surface area contributed by atoms with Crippen molar-refractivity contribution in [1.82, 2.24) is 5.32 Å². The van der Waals surface area contributed by atoms with Crippen molar-refractivity contribution in [2.75, 3.05) is 6.61 Å². The van der Waals surface area contributed by atoms with Crippen LogP contribution in [0.3, 0.4) is 0 Å². The molecule has 0 unspecified atom stereocenters. The molecule has 22 heavy (non-hydrogen) atoms. The molecular formula is C17H27ClN2O2. The Kier molecular flexibility index (Phi) is 8.28. The predicted molar refractivity (Wildman–Crippen MR) is 91.5 cm³/mol. The third-order valence-electron chi connectivity index (χ3n) is 3.94. The predicted octanol–water partition coefficient (Wildman–Crippen LogP) is 2.96. The first-order chi connectivity index (χ1) is 10.1. The van der Waals surface area contributed by atoms with Crippen molar-refractivity contribution in [2.45, 2.75) is 57.5 Å². The third-order valence-corrected chi connectivity index (χ3v) is 3.94. The number of hydrogen-bond donors (Lipinski definition) is 2. The van der Waals surface area contributed by atoms with E-state index >= 15 is 0 Å². The first-order valence-corrected chi connectivity index (χ1v) is 7.88. The summed E-state index contributed by atoms with van der Waals surface area (Å²) in [5, 5.41) is 3.10. The second-order valence-corrected chi connectivity index (χ2v) is 5.95. The largest absolute Gasteiger partial charge is 0.494 e. The van der Waals surface area contributed by atoms with Crippen LogP contribution < -0.4 is 15.8 Å². The van der Waals surface area contributed by atoms with Gasteiger partial charge in [0.05, 0.1) is 6.61 Å². The molecular weight excluding hydrogens is 300 g/mol. The van der Waals surface area contributed by atoms with Gasteiger partial charge in [0.2, 0.25) is 5.91 Å². The molecule has 4 nitrogen and oxygen atoms in total. The van der Waals surface area contributed by atoms with Crippen molar-refractivity contribution >= 4 is 18.3 Å². The molecule has 1 aromatic carbocycles. The molecule has 1 amide bonds. The zero-order chi connectivity index (χ0) is 15.1. The van der Waals surface area contributed by atoms with E-state index in [2.05, 4.69) is 5.32 Å². The molecule has 0 aliphatic heterocycles. The van der Waals surface area contributed by atoms with Gasteiger partial charge in [0.15, 0.2) is 0 Å². The molecule has 1 aromatic rings. The fraction of sp³-hybridized carbons (Fsp3) is 0.588. The number of hydrogen-bond acceptors (Lipinski definition) is 3. The van der Waals surface area contributed by atoms with Crippen LogP contribution in [-0.4, -0.2) is 24.6 Å². The Balaban J connectivity index is 0.00000242. The summed E-state index contributed by atoms with van der Waals surface area (Å²) in [4.78, 5) is 11.9. The van der Waals surface area contributed by atoms with E-state index in [9.17, 15) is 4.79 Å². The number of halogens is 1. The van der Waals surface area contributed by atoms with Crippen LogP contribution in [-0.2, 0) is 4.79 Å². The minimum Gasteiger partial charge on any atom is -0.494 e. The molecule has 124 valence electrons. The van der Waals surface area contributed by atoms with E-state index < -0.39 is 0 Å². The normalized spacial score (nSPS) is 20.8. The highest BCUT2D eigenvalue weighted by Crippen LogP contribution is 2.17. The molecule has 0 atom stereocenters. The number of nitrogens with one attached hydrogen (secondary N) is 1. The second-order valence-electron chi connectivity index (χ2n) is 5.95. The van der Waals surface area contributed by atoms with E-state index in [0.717, 1.165) is 37.9 Å². The molecule has 0 spiro atoms. The van der Waals surface area contributed by atoms with Crippen LogP contribution in [0, 0.1) is 6.92 Å². The van der Waals surface area contributed by atoms with E-state index in [1.165, 1.54) is 5.56 Å². The van der Waals surface area contributed by atoms with E-state index in [4.69, 9.17) is 10.5 Å². The maximum Gasteiger partial charge on any atom is 0.220 e. The molecule has 0 radical (unpaired) electrons. The number of rotatable bonds is 6. The Hall–Kier alpha value is -1.26. The molecule has 0 bridgehead atoms. The van der Waals surface area contributed by atoms with E-state index in [0.29, 0.717) is 25.1 Å². The lowest BCUT2D eigenvalue weighted by molar-refractivity contribution is -0.122. The van der Waals surface area contributed by atoms with Crippen molar-refractivity contribution in [3.8, 4) is 5.75 Å². The number of ether oxygens (including phenoxy) is 1. The van der Waals surface area contributed by atoms with Crippen molar-refractivity contribution < 1.29 is 9.53 Å². The summed E-state index contributed by atoms with van der Waals surface area (Å²) in [6, 6.07) is 8.60. The topological polar surface area (TPSA) is 64.3 Å². The van der Waals surface area contributed by atoms with Crippen LogP contribution in [0.2, 0.25) is 0 Å². The molecule has 0 aromatic heterocycles. The highest BCUT2D eigenvalue weighted by molar-refractivity contribution is 5.85. The first kappa shape index (κ1) is 18.8. The van der Waals surface area contributed by atoms with Gasteiger partial charge in [-0.2, -0.15) is 0 Å². The zero-order valence-corrected chi connectivity index (χ0v) is 14.0. The lowest BCUT2D eigenvalue weighted by Gasteiger charge is -2.26. The standard InChI is InChI=1S/C17H26N2O2.ClH/c1-13-4-2-5-16(12-13)21-11-3-6-17(20)19-15-9-7-14(18)8-10-15;/h2,4-5,12,14-15H,3,6-11,18H2,1H3,(H,19,20);1H. The maximum atomic E-state index is 11.9. The quantitative estimate of drug-likeness (QED) is 0.790. The highest BCUT2D eigenvalue weighted by atomic mass is 35.5. The zero-order valence-electron chi connectivity index (χ0n) is 13.2. The van der Waals surface area contributed by atoms with Gasteiger partial charge in [-0.1, -0.05) is 12.1 Å². The Labute approximate surface area is 139 Å². The summed E-state index contributed by atoms with van der Waals surface area (Å²) in [7, 11) is 0. The monoisotopic (exact) mass is 326 g/mol. The minimum atomic E-state index is 0. The smallest absolute Gasteiger partial charge is 0.220 e. The van der Waals surface area contributed by atoms with Gasteiger partial charge in [-0.05, 0) is 56.7 Å². The van der Waals surface area contributed by atoms with Gasteiger partial charge in [-0.3, -0.25) is 4.79 Å². The van der Waals surface area contributed by atoms with Crippen LogP contribution in [0.4, 0.5) is 0 Å². The summed E-state index contributed by atoms with van der Waals surface area (Å²) in [5.41, 5.74) is 7.04. The summed E-state index contributed by atoms with van der Waals surface area (Å²) in [5.74, 6) is 1.000. The van der Waals surface area contributed by atoms with Crippen LogP contribution in [0.5, 0.6) is 5.75 Å². The van der Waals surface area contributed by atoms with Crippen LogP contribution in [0.25, 0.3) is 0 Å².